The van der Waals surface area contributed by atoms with Crippen LogP contribution in [-0.4, -0.2) is 15.7 Å². The summed E-state index contributed by atoms with van der Waals surface area (Å²) in [5, 5.41) is 7.62. The Morgan fingerprint density at radius 1 is 1.25 bits per heavy atom. The van der Waals surface area contributed by atoms with E-state index in [1.54, 1.807) is 12.1 Å². The number of nitrogens with one attached hydrogen (secondary N) is 1. The number of aromatic nitrogens is 2. The SMILES string of the molecule is O=C(N[C@@H]1CCCc2c1cnn2Cc1ccccc1)c1ccco1. The highest BCUT2D eigenvalue weighted by Gasteiger charge is 2.26. The van der Waals surface area contributed by atoms with Crippen molar-refractivity contribution in [2.45, 2.75) is 31.8 Å². The van der Waals surface area contributed by atoms with Crippen LogP contribution < -0.4 is 5.32 Å². The van der Waals surface area contributed by atoms with Crippen molar-refractivity contribution < 1.29 is 9.21 Å². The summed E-state index contributed by atoms with van der Waals surface area (Å²) in [6, 6.07) is 13.7. The first-order valence-electron chi connectivity index (χ1n) is 8.24. The zero-order chi connectivity index (χ0) is 16.4. The fraction of sp³-hybridized carbons (Fsp3) is 0.263. The molecule has 122 valence electrons. The second-order valence-electron chi connectivity index (χ2n) is 6.09. The second-order valence-corrected chi connectivity index (χ2v) is 6.09. The van der Waals surface area contributed by atoms with E-state index in [1.165, 1.54) is 17.5 Å². The van der Waals surface area contributed by atoms with E-state index in [1.807, 2.05) is 24.4 Å². The monoisotopic (exact) mass is 321 g/mol. The van der Waals surface area contributed by atoms with Gasteiger partial charge in [0.25, 0.3) is 5.91 Å². The van der Waals surface area contributed by atoms with Gasteiger partial charge in [0.2, 0.25) is 0 Å². The molecule has 5 heteroatoms. The Balaban J connectivity index is 1.54. The number of fused-ring (bicyclic) bond motifs is 1. The summed E-state index contributed by atoms with van der Waals surface area (Å²) in [4.78, 5) is 12.2. The summed E-state index contributed by atoms with van der Waals surface area (Å²) in [6.45, 7) is 0.759. The molecule has 1 aliphatic carbocycles. The van der Waals surface area contributed by atoms with Gasteiger partial charge in [0, 0.05) is 11.3 Å². The van der Waals surface area contributed by atoms with Gasteiger partial charge in [0.05, 0.1) is 25.0 Å². The Labute approximate surface area is 140 Å². The van der Waals surface area contributed by atoms with Crippen molar-refractivity contribution in [2.75, 3.05) is 0 Å². The maximum atomic E-state index is 12.2. The van der Waals surface area contributed by atoms with E-state index in [0.29, 0.717) is 5.76 Å². The molecule has 0 bridgehead atoms. The molecule has 0 radical (unpaired) electrons. The molecule has 0 spiro atoms. The minimum absolute atomic E-state index is 0.00382. The first-order valence-corrected chi connectivity index (χ1v) is 8.24. The van der Waals surface area contributed by atoms with Gasteiger partial charge in [0.15, 0.2) is 5.76 Å². The highest BCUT2D eigenvalue weighted by atomic mass is 16.3. The largest absolute Gasteiger partial charge is 0.459 e. The molecule has 2 aromatic heterocycles. The van der Waals surface area contributed by atoms with Gasteiger partial charge >= 0.3 is 0 Å². The highest BCUT2D eigenvalue weighted by molar-refractivity contribution is 5.91. The van der Waals surface area contributed by atoms with Crippen LogP contribution in [0.1, 0.15) is 46.3 Å². The molecule has 2 heterocycles. The molecule has 1 amide bonds. The van der Waals surface area contributed by atoms with Crippen LogP contribution in [0.25, 0.3) is 0 Å². The average Bonchev–Trinajstić information content (AvgIpc) is 3.27. The van der Waals surface area contributed by atoms with Gasteiger partial charge in [-0.1, -0.05) is 30.3 Å². The highest BCUT2D eigenvalue weighted by Crippen LogP contribution is 2.30. The second kappa shape index (κ2) is 6.35. The Kier molecular flexibility index (Phi) is 3.91. The van der Waals surface area contributed by atoms with E-state index in [4.69, 9.17) is 4.42 Å². The number of carbonyl (C=O) groups is 1. The fourth-order valence-corrected chi connectivity index (χ4v) is 3.30. The van der Waals surface area contributed by atoms with Crippen molar-refractivity contribution >= 4 is 5.91 Å². The summed E-state index contributed by atoms with van der Waals surface area (Å²) in [7, 11) is 0. The lowest BCUT2D eigenvalue weighted by Gasteiger charge is -2.24. The van der Waals surface area contributed by atoms with E-state index in [9.17, 15) is 4.79 Å². The lowest BCUT2D eigenvalue weighted by molar-refractivity contribution is 0.0904. The fourth-order valence-electron chi connectivity index (χ4n) is 3.30. The molecule has 24 heavy (non-hydrogen) atoms. The van der Waals surface area contributed by atoms with Crippen LogP contribution in [0, 0.1) is 0 Å². The predicted octanol–water partition coefficient (Wildman–Crippen LogP) is 3.33. The number of nitrogens with zero attached hydrogens (tertiary/aromatic N) is 2. The first-order chi connectivity index (χ1) is 11.8. The number of hydrogen-bond donors (Lipinski definition) is 1. The third-order valence-electron chi connectivity index (χ3n) is 4.49. The third kappa shape index (κ3) is 2.85. The number of amides is 1. The van der Waals surface area contributed by atoms with Crippen LogP contribution in [-0.2, 0) is 13.0 Å². The Morgan fingerprint density at radius 3 is 2.92 bits per heavy atom. The van der Waals surface area contributed by atoms with E-state index >= 15 is 0 Å². The van der Waals surface area contributed by atoms with E-state index in [-0.39, 0.29) is 11.9 Å². The number of benzene rings is 1. The summed E-state index contributed by atoms with van der Waals surface area (Å²) in [5.41, 5.74) is 3.57. The smallest absolute Gasteiger partial charge is 0.287 e. The normalized spacial score (nSPS) is 16.6. The molecule has 1 N–H and O–H groups in total. The van der Waals surface area contributed by atoms with Crippen LogP contribution in [0.4, 0.5) is 0 Å². The summed E-state index contributed by atoms with van der Waals surface area (Å²) in [5.74, 6) is 0.174. The lowest BCUT2D eigenvalue weighted by atomic mass is 9.93. The summed E-state index contributed by atoms with van der Waals surface area (Å²) < 4.78 is 7.23. The molecule has 1 aliphatic rings. The quantitative estimate of drug-likeness (QED) is 0.802. The van der Waals surface area contributed by atoms with Crippen LogP contribution in [0.15, 0.2) is 59.3 Å². The van der Waals surface area contributed by atoms with Crippen molar-refractivity contribution in [3.63, 3.8) is 0 Å². The van der Waals surface area contributed by atoms with Crippen LogP contribution in [0.3, 0.4) is 0 Å². The van der Waals surface area contributed by atoms with Crippen molar-refractivity contribution in [3.8, 4) is 0 Å². The molecule has 4 rings (SSSR count). The van der Waals surface area contributed by atoms with E-state index in [2.05, 4.69) is 27.2 Å². The standard InChI is InChI=1S/C19H19N3O2/c23-19(18-10-5-11-24-18)21-16-8-4-9-17-15(16)12-20-22(17)13-14-6-2-1-3-7-14/h1-3,5-7,10-12,16H,4,8-9,13H2,(H,21,23)/t16-/m1/s1. The molecule has 1 atom stereocenters. The third-order valence-corrected chi connectivity index (χ3v) is 4.49. The minimum atomic E-state index is -0.173. The van der Waals surface area contributed by atoms with Crippen LogP contribution in [0.5, 0.6) is 0 Å². The minimum Gasteiger partial charge on any atom is -0.459 e. The predicted molar refractivity (Wildman–Crippen MR) is 89.6 cm³/mol. The van der Waals surface area contributed by atoms with Crippen molar-refractivity contribution in [3.05, 3.63) is 77.5 Å². The van der Waals surface area contributed by atoms with E-state index < -0.39 is 0 Å². The molecule has 0 saturated heterocycles. The topological polar surface area (TPSA) is 60.1 Å². The molecular weight excluding hydrogens is 302 g/mol. The first kappa shape index (κ1) is 14.8. The number of furan rings is 1. The Morgan fingerprint density at radius 2 is 2.12 bits per heavy atom. The van der Waals surface area contributed by atoms with Crippen molar-refractivity contribution in [2.24, 2.45) is 0 Å². The van der Waals surface area contributed by atoms with Gasteiger partial charge in [0.1, 0.15) is 0 Å². The molecule has 1 aromatic carbocycles. The van der Waals surface area contributed by atoms with Gasteiger partial charge < -0.3 is 9.73 Å². The number of carbonyl (C=O) groups excluding carboxylic acids is 1. The molecule has 3 aromatic rings. The average molecular weight is 321 g/mol. The van der Waals surface area contributed by atoms with Gasteiger partial charge in [-0.3, -0.25) is 9.48 Å². The van der Waals surface area contributed by atoms with Crippen LogP contribution in [0.2, 0.25) is 0 Å². The van der Waals surface area contributed by atoms with Crippen LogP contribution >= 0.6 is 0 Å². The number of rotatable bonds is 4. The van der Waals surface area contributed by atoms with E-state index in [0.717, 1.165) is 31.4 Å². The molecule has 0 fully saturated rings. The maximum Gasteiger partial charge on any atom is 0.287 e. The van der Waals surface area contributed by atoms with Gasteiger partial charge in [-0.25, -0.2) is 0 Å². The van der Waals surface area contributed by atoms with Gasteiger partial charge in [-0.2, -0.15) is 5.10 Å². The van der Waals surface area contributed by atoms with Crippen molar-refractivity contribution in [1.82, 2.24) is 15.1 Å². The maximum absolute atomic E-state index is 12.2. The summed E-state index contributed by atoms with van der Waals surface area (Å²) in [6.07, 6.45) is 6.37. The zero-order valence-corrected chi connectivity index (χ0v) is 13.3. The molecule has 0 saturated carbocycles. The number of hydrogen-bond acceptors (Lipinski definition) is 3. The zero-order valence-electron chi connectivity index (χ0n) is 13.3. The van der Waals surface area contributed by atoms with Crippen molar-refractivity contribution in [1.29, 1.82) is 0 Å². The lowest BCUT2D eigenvalue weighted by Crippen LogP contribution is -2.30. The molecule has 5 nitrogen and oxygen atoms in total. The molecule has 0 aliphatic heterocycles. The Hall–Kier alpha value is -2.82. The van der Waals surface area contributed by atoms with Gasteiger partial charge in [-0.05, 0) is 37.0 Å². The summed E-state index contributed by atoms with van der Waals surface area (Å²) >= 11 is 0. The molecule has 0 unspecified atom stereocenters. The van der Waals surface area contributed by atoms with Gasteiger partial charge in [-0.15, -0.1) is 0 Å². The molecular formula is C19H19N3O2. The Bertz CT molecular complexity index is 822.